The maximum atomic E-state index is 6.17. The van der Waals surface area contributed by atoms with Gasteiger partial charge in [0, 0.05) is 0 Å². The molecule has 0 amide bonds. The molecule has 1 N–H and O–H groups in total. The molecule has 0 atom stereocenters. The minimum Gasteiger partial charge on any atom is -0.530 e. The fraction of sp³-hybridized carbons (Fsp3) is 0.600. The first-order chi connectivity index (χ1) is 11.2. The molecule has 0 aromatic carbocycles. The molecule has 7 nitrogen and oxygen atoms in total. The molecule has 0 radical (unpaired) electrons. The lowest BCUT2D eigenvalue weighted by Gasteiger charge is -2.22. The van der Waals surface area contributed by atoms with Crippen molar-refractivity contribution >= 4 is 42.0 Å². The number of hydrogen-bond donors (Lipinski definition) is 1. The zero-order valence-electron chi connectivity index (χ0n) is 16.7. The molecule has 0 aliphatic carbocycles. The largest absolute Gasteiger partial charge is 0.530 e. The van der Waals surface area contributed by atoms with E-state index in [1.165, 1.54) is 0 Å². The van der Waals surface area contributed by atoms with E-state index in [9.17, 15) is 0 Å². The number of rotatable bonds is 6. The summed E-state index contributed by atoms with van der Waals surface area (Å²) in [6.45, 7) is 19.2. The summed E-state index contributed by atoms with van der Waals surface area (Å²) >= 11 is 0. The number of nitrogens with zero attached hydrogens (tertiary/aromatic N) is 4. The Labute approximate surface area is 153 Å². The molecule has 0 saturated carbocycles. The minimum absolute atomic E-state index is 0.485. The highest BCUT2D eigenvalue weighted by Crippen LogP contribution is 2.26. The molecular weight excluding hydrogens is 366 g/mol. The predicted octanol–water partition coefficient (Wildman–Crippen LogP) is 4.09. The fourth-order valence-electron chi connectivity index (χ4n) is 1.98. The van der Waals surface area contributed by atoms with Crippen LogP contribution in [0.1, 0.15) is 0 Å². The highest BCUT2D eigenvalue weighted by atomic mass is 28.4. The van der Waals surface area contributed by atoms with E-state index in [0.29, 0.717) is 28.9 Å². The molecular formula is C15H29N5O2Si3. The maximum Gasteiger partial charge on any atom is 0.244 e. The van der Waals surface area contributed by atoms with Crippen LogP contribution in [-0.4, -0.2) is 44.8 Å². The van der Waals surface area contributed by atoms with Gasteiger partial charge in [0.2, 0.25) is 34.3 Å². The van der Waals surface area contributed by atoms with Crippen LogP contribution in [0.25, 0.3) is 11.2 Å². The maximum absolute atomic E-state index is 6.17. The van der Waals surface area contributed by atoms with Crippen LogP contribution in [0.15, 0.2) is 6.20 Å². The van der Waals surface area contributed by atoms with Gasteiger partial charge in [0.25, 0.3) is 0 Å². The van der Waals surface area contributed by atoms with Gasteiger partial charge in [-0.05, 0) is 39.3 Å². The van der Waals surface area contributed by atoms with Crippen molar-refractivity contribution in [2.24, 2.45) is 0 Å². The minimum atomic E-state index is -1.87. The predicted molar refractivity (Wildman–Crippen MR) is 110 cm³/mol. The van der Waals surface area contributed by atoms with Gasteiger partial charge in [0.1, 0.15) is 8.24 Å². The first-order valence-electron chi connectivity index (χ1n) is 8.43. The number of anilines is 1. The van der Waals surface area contributed by atoms with E-state index in [2.05, 4.69) is 83.8 Å². The average molecular weight is 396 g/mol. The molecule has 0 spiro atoms. The first kappa shape index (κ1) is 19.8. The molecule has 0 bridgehead atoms. The first-order valence-corrected chi connectivity index (χ1v) is 18.7. The highest BCUT2D eigenvalue weighted by molar-refractivity contribution is 6.79. The van der Waals surface area contributed by atoms with E-state index in [1.807, 2.05) is 0 Å². The second-order valence-corrected chi connectivity index (χ2v) is 22.6. The van der Waals surface area contributed by atoms with Gasteiger partial charge in [0.05, 0.1) is 6.20 Å². The Balaban J connectivity index is 2.56. The van der Waals surface area contributed by atoms with Crippen molar-refractivity contribution in [2.75, 3.05) is 4.98 Å². The van der Waals surface area contributed by atoms with E-state index in [1.54, 1.807) is 6.20 Å². The number of hydrogen-bond acceptors (Lipinski definition) is 7. The normalized spacial score (nSPS) is 13.0. The van der Waals surface area contributed by atoms with E-state index >= 15 is 0 Å². The second kappa shape index (κ2) is 6.65. The molecule has 2 heterocycles. The quantitative estimate of drug-likeness (QED) is 0.737. The standard InChI is InChI=1S/C15H29N5O2Si3/c1-23(2,3)20-15-18-13-12(14(19-15)22-25(7,8)9)17-11(10-16-13)21-24(4,5)6/h10H,1-9H3,(H,16,18,19,20). The van der Waals surface area contributed by atoms with Crippen molar-refractivity contribution in [3.05, 3.63) is 6.20 Å². The molecule has 10 heteroatoms. The van der Waals surface area contributed by atoms with Crippen LogP contribution in [0.4, 0.5) is 5.95 Å². The van der Waals surface area contributed by atoms with E-state index in [0.717, 1.165) is 0 Å². The zero-order chi connectivity index (χ0) is 19.0. The van der Waals surface area contributed by atoms with Gasteiger partial charge in [-0.15, -0.1) is 0 Å². The monoisotopic (exact) mass is 395 g/mol. The van der Waals surface area contributed by atoms with Crippen molar-refractivity contribution in [1.29, 1.82) is 0 Å². The van der Waals surface area contributed by atoms with Gasteiger partial charge in [-0.2, -0.15) is 9.97 Å². The van der Waals surface area contributed by atoms with Crippen LogP contribution in [-0.2, 0) is 0 Å². The van der Waals surface area contributed by atoms with E-state index in [-0.39, 0.29) is 0 Å². The number of nitrogens with one attached hydrogen (secondary N) is 1. The summed E-state index contributed by atoms with van der Waals surface area (Å²) in [7, 11) is -5.24. The van der Waals surface area contributed by atoms with E-state index in [4.69, 9.17) is 8.85 Å². The van der Waals surface area contributed by atoms with Gasteiger partial charge in [-0.3, -0.25) is 0 Å². The lowest BCUT2D eigenvalue weighted by atomic mass is 10.5. The van der Waals surface area contributed by atoms with Gasteiger partial charge in [0.15, 0.2) is 11.2 Å². The highest BCUT2D eigenvalue weighted by Gasteiger charge is 2.24. The van der Waals surface area contributed by atoms with Gasteiger partial charge < -0.3 is 13.8 Å². The number of aromatic nitrogens is 4. The van der Waals surface area contributed by atoms with Crippen LogP contribution < -0.4 is 13.8 Å². The van der Waals surface area contributed by atoms with Crippen LogP contribution in [0.2, 0.25) is 58.9 Å². The third-order valence-electron chi connectivity index (χ3n) is 2.65. The van der Waals surface area contributed by atoms with Crippen LogP contribution in [0, 0.1) is 0 Å². The smallest absolute Gasteiger partial charge is 0.244 e. The fourth-order valence-corrected chi connectivity index (χ4v) is 4.21. The van der Waals surface area contributed by atoms with Crippen LogP contribution in [0.5, 0.6) is 11.8 Å². The summed E-state index contributed by atoms with van der Waals surface area (Å²) in [5.41, 5.74) is 1.08. The Morgan fingerprint density at radius 1 is 0.800 bits per heavy atom. The summed E-state index contributed by atoms with van der Waals surface area (Å²) in [6.07, 6.45) is 1.63. The van der Waals surface area contributed by atoms with Crippen molar-refractivity contribution in [3.63, 3.8) is 0 Å². The molecule has 138 valence electrons. The lowest BCUT2D eigenvalue weighted by molar-refractivity contribution is 0.523. The lowest BCUT2D eigenvalue weighted by Crippen LogP contribution is -2.34. The topological polar surface area (TPSA) is 82.1 Å². The molecule has 0 aliphatic heterocycles. The van der Waals surface area contributed by atoms with Crippen molar-refractivity contribution < 1.29 is 8.85 Å². The Hall–Kier alpha value is -1.53. The van der Waals surface area contributed by atoms with Crippen LogP contribution in [0.3, 0.4) is 0 Å². The molecule has 0 saturated heterocycles. The SMILES string of the molecule is C[Si](C)(C)Nc1nc(O[Si](C)(C)C)c2nc(O[Si](C)(C)C)cnc2n1. The molecule has 0 aliphatic rings. The Bertz CT molecular complexity index is 767. The van der Waals surface area contributed by atoms with Crippen molar-refractivity contribution in [3.8, 4) is 11.8 Å². The Morgan fingerprint density at radius 3 is 1.92 bits per heavy atom. The molecule has 0 fully saturated rings. The van der Waals surface area contributed by atoms with Crippen LogP contribution >= 0.6 is 0 Å². The van der Waals surface area contributed by atoms with Gasteiger partial charge in [-0.25, -0.2) is 9.97 Å². The molecule has 2 aromatic heterocycles. The third kappa shape index (κ3) is 6.36. The molecule has 25 heavy (non-hydrogen) atoms. The number of fused-ring (bicyclic) bond motifs is 1. The summed E-state index contributed by atoms with van der Waals surface area (Å²) in [5.74, 6) is 1.54. The molecule has 0 unspecified atom stereocenters. The summed E-state index contributed by atoms with van der Waals surface area (Å²) in [5, 5.41) is 0. The van der Waals surface area contributed by atoms with Gasteiger partial charge in [-0.1, -0.05) is 19.6 Å². The van der Waals surface area contributed by atoms with Gasteiger partial charge >= 0.3 is 0 Å². The summed E-state index contributed by atoms with van der Waals surface area (Å²) < 4.78 is 12.1. The van der Waals surface area contributed by atoms with E-state index < -0.39 is 24.9 Å². The average Bonchev–Trinajstić information content (AvgIpc) is 2.33. The third-order valence-corrected chi connectivity index (χ3v) is 5.25. The Kier molecular flexibility index (Phi) is 5.26. The molecule has 2 rings (SSSR count). The van der Waals surface area contributed by atoms with Crippen molar-refractivity contribution in [2.45, 2.75) is 58.9 Å². The molecule has 2 aromatic rings. The van der Waals surface area contributed by atoms with Crippen molar-refractivity contribution in [1.82, 2.24) is 19.9 Å². The second-order valence-electron chi connectivity index (χ2n) is 9.04. The summed E-state index contributed by atoms with van der Waals surface area (Å²) in [4.78, 5) is 21.5. The summed E-state index contributed by atoms with van der Waals surface area (Å²) in [6, 6.07) is 0. The Morgan fingerprint density at radius 2 is 1.40 bits per heavy atom. The zero-order valence-corrected chi connectivity index (χ0v) is 19.7.